The molecule has 1 amide bonds. The lowest BCUT2D eigenvalue weighted by atomic mass is 10.1. The third kappa shape index (κ3) is 3.88. The lowest BCUT2D eigenvalue weighted by molar-refractivity contribution is -0.130. The predicted molar refractivity (Wildman–Crippen MR) is 121 cm³/mol. The Morgan fingerprint density at radius 2 is 1.94 bits per heavy atom. The maximum absolute atomic E-state index is 12.7. The average molecular weight is 461 g/mol. The molecule has 0 saturated carbocycles. The van der Waals surface area contributed by atoms with Crippen molar-refractivity contribution in [3.63, 3.8) is 0 Å². The summed E-state index contributed by atoms with van der Waals surface area (Å²) in [5.74, 6) is 0.455. The highest BCUT2D eigenvalue weighted by Crippen LogP contribution is 2.23. The first kappa shape index (κ1) is 20.4. The Kier molecular flexibility index (Phi) is 4.99. The van der Waals surface area contributed by atoms with Crippen LogP contribution < -0.4 is 27.3 Å². The Labute approximate surface area is 193 Å². The molecule has 0 saturated heterocycles. The molecule has 2 aromatic heterocycles. The summed E-state index contributed by atoms with van der Waals surface area (Å²) < 4.78 is 5.61. The molecule has 174 valence electrons. The van der Waals surface area contributed by atoms with Crippen LogP contribution in [0.15, 0.2) is 51.1 Å². The van der Waals surface area contributed by atoms with Crippen LogP contribution in [0.2, 0.25) is 0 Å². The van der Waals surface area contributed by atoms with Gasteiger partial charge in [-0.05, 0) is 24.0 Å². The number of rotatable bonds is 5. The summed E-state index contributed by atoms with van der Waals surface area (Å²) in [7, 11) is 0. The number of H-pyrrole nitrogens is 1. The second-order valence-electron chi connectivity index (χ2n) is 8.57. The molecule has 1 aliphatic carbocycles. The molecule has 6 rings (SSSR count). The molecule has 12 nitrogen and oxygen atoms in total. The van der Waals surface area contributed by atoms with Crippen LogP contribution in [0, 0.1) is 0 Å². The Bertz CT molecular complexity index is 1320. The second-order valence-corrected chi connectivity index (χ2v) is 8.57. The van der Waals surface area contributed by atoms with Crippen LogP contribution in [0.25, 0.3) is 11.5 Å². The molecular weight excluding hydrogens is 438 g/mol. The largest absolute Gasteiger partial charge is 0.420 e. The first-order valence-corrected chi connectivity index (χ1v) is 11.1. The zero-order valence-corrected chi connectivity index (χ0v) is 18.2. The van der Waals surface area contributed by atoms with E-state index in [9.17, 15) is 9.59 Å². The van der Waals surface area contributed by atoms with E-state index < -0.39 is 5.56 Å². The van der Waals surface area contributed by atoms with E-state index in [1.54, 1.807) is 4.90 Å². The summed E-state index contributed by atoms with van der Waals surface area (Å²) in [5.41, 5.74) is 13.2. The molecule has 0 atom stereocenters. The van der Waals surface area contributed by atoms with Gasteiger partial charge in [0, 0.05) is 25.2 Å². The number of nitrogens with zero attached hydrogens (tertiary/aromatic N) is 4. The number of hydrogen-bond donors (Lipinski definition) is 5. The molecule has 2 aliphatic heterocycles. The van der Waals surface area contributed by atoms with E-state index in [1.807, 2.05) is 12.1 Å². The quantitative estimate of drug-likeness (QED) is 0.351. The fourth-order valence-electron chi connectivity index (χ4n) is 4.56. The van der Waals surface area contributed by atoms with Crippen molar-refractivity contribution in [2.45, 2.75) is 31.7 Å². The smallest absolute Gasteiger partial charge is 0.265 e. The van der Waals surface area contributed by atoms with Gasteiger partial charge in [-0.3, -0.25) is 14.6 Å². The number of amides is 1. The number of aromatic nitrogens is 4. The third-order valence-corrected chi connectivity index (χ3v) is 6.32. The number of benzene rings is 1. The maximum Gasteiger partial charge on any atom is 0.265 e. The standard InChI is InChI=1S/C22H23N9O3/c32-19(31-6-5-16-17(11-31)27-30-26-16)9-18-28-29-21(34-18)15-10-23-22(25-20(15)33)24-14-7-12-3-1-2-4-13(12)8-14/h1-4,10,14,26-27,30H,5-9,11H2,(H2,23,24,25,33). The van der Waals surface area contributed by atoms with Gasteiger partial charge in [-0.25, -0.2) is 4.98 Å². The van der Waals surface area contributed by atoms with Crippen LogP contribution in [0.5, 0.6) is 0 Å². The molecule has 0 unspecified atom stereocenters. The van der Waals surface area contributed by atoms with Crippen LogP contribution >= 0.6 is 0 Å². The van der Waals surface area contributed by atoms with E-state index >= 15 is 0 Å². The number of anilines is 1. The number of carbonyl (C=O) groups is 1. The topological polar surface area (TPSA) is 153 Å². The van der Waals surface area contributed by atoms with Gasteiger partial charge in [0.15, 0.2) is 0 Å². The second kappa shape index (κ2) is 8.30. The third-order valence-electron chi connectivity index (χ3n) is 6.32. The number of hydrazine groups is 2. The minimum Gasteiger partial charge on any atom is -0.420 e. The monoisotopic (exact) mass is 461 g/mol. The van der Waals surface area contributed by atoms with E-state index in [2.05, 4.69) is 54.0 Å². The zero-order valence-electron chi connectivity index (χ0n) is 18.2. The molecule has 0 fully saturated rings. The normalized spacial score (nSPS) is 17.2. The van der Waals surface area contributed by atoms with Crippen molar-refractivity contribution in [1.29, 1.82) is 0 Å². The number of aromatic amines is 1. The zero-order chi connectivity index (χ0) is 23.1. The van der Waals surface area contributed by atoms with E-state index in [-0.39, 0.29) is 35.7 Å². The minimum absolute atomic E-state index is 0.0332. The number of fused-ring (bicyclic) bond motifs is 1. The van der Waals surface area contributed by atoms with Crippen LogP contribution in [0.1, 0.15) is 23.4 Å². The van der Waals surface area contributed by atoms with Gasteiger partial charge in [0.1, 0.15) is 12.0 Å². The summed E-state index contributed by atoms with van der Waals surface area (Å²) in [6.07, 6.45) is 3.85. The SMILES string of the molecule is O=C(Cc1nnc(-c2cnc(NC3Cc4ccccc4C3)[nH]c2=O)o1)N1CCC2=C(C1)NNN2. The molecule has 0 spiro atoms. The van der Waals surface area contributed by atoms with Crippen molar-refractivity contribution in [3.05, 3.63) is 69.2 Å². The molecule has 3 aliphatic rings. The molecular formula is C22H23N9O3. The van der Waals surface area contributed by atoms with Crippen LogP contribution in [-0.4, -0.2) is 50.1 Å². The Balaban J connectivity index is 1.10. The molecule has 34 heavy (non-hydrogen) atoms. The Morgan fingerprint density at radius 3 is 2.74 bits per heavy atom. The van der Waals surface area contributed by atoms with E-state index in [0.717, 1.165) is 30.7 Å². The van der Waals surface area contributed by atoms with Gasteiger partial charge in [0.2, 0.25) is 17.7 Å². The lowest BCUT2D eigenvalue weighted by Gasteiger charge is -2.26. The first-order chi connectivity index (χ1) is 16.6. The van der Waals surface area contributed by atoms with Crippen LogP contribution in [0.4, 0.5) is 5.95 Å². The Hall–Kier alpha value is -4.19. The van der Waals surface area contributed by atoms with Crippen molar-refractivity contribution >= 4 is 11.9 Å². The van der Waals surface area contributed by atoms with Gasteiger partial charge in [-0.2, -0.15) is 5.53 Å². The highest BCUT2D eigenvalue weighted by molar-refractivity contribution is 5.78. The van der Waals surface area contributed by atoms with Crippen molar-refractivity contribution in [1.82, 2.24) is 41.5 Å². The predicted octanol–water partition coefficient (Wildman–Crippen LogP) is -0.00200. The van der Waals surface area contributed by atoms with Crippen LogP contribution in [-0.2, 0) is 24.1 Å². The van der Waals surface area contributed by atoms with Crippen molar-refractivity contribution in [3.8, 4) is 11.5 Å². The maximum atomic E-state index is 12.7. The van der Waals surface area contributed by atoms with Gasteiger partial charge in [-0.1, -0.05) is 24.3 Å². The lowest BCUT2D eigenvalue weighted by Crippen LogP contribution is -2.40. The molecule has 0 bridgehead atoms. The van der Waals surface area contributed by atoms with E-state index in [4.69, 9.17) is 4.42 Å². The highest BCUT2D eigenvalue weighted by atomic mass is 16.4. The molecule has 0 radical (unpaired) electrons. The molecule has 1 aromatic carbocycles. The fraction of sp³-hybridized carbons (Fsp3) is 0.318. The van der Waals surface area contributed by atoms with Gasteiger partial charge in [-0.15, -0.1) is 10.2 Å². The van der Waals surface area contributed by atoms with E-state index in [1.165, 1.54) is 17.3 Å². The van der Waals surface area contributed by atoms with Gasteiger partial charge >= 0.3 is 0 Å². The van der Waals surface area contributed by atoms with Crippen molar-refractivity contribution in [2.75, 3.05) is 18.4 Å². The molecule has 4 heterocycles. The van der Waals surface area contributed by atoms with Gasteiger partial charge < -0.3 is 25.5 Å². The first-order valence-electron chi connectivity index (χ1n) is 11.1. The van der Waals surface area contributed by atoms with Gasteiger partial charge in [0.25, 0.3) is 11.4 Å². The average Bonchev–Trinajstić information content (AvgIpc) is 3.58. The summed E-state index contributed by atoms with van der Waals surface area (Å²) >= 11 is 0. The highest BCUT2D eigenvalue weighted by Gasteiger charge is 2.27. The summed E-state index contributed by atoms with van der Waals surface area (Å²) in [6.45, 7) is 1.07. The minimum atomic E-state index is -0.391. The molecule has 3 aromatic rings. The van der Waals surface area contributed by atoms with Gasteiger partial charge in [0.05, 0.1) is 17.9 Å². The molecule has 12 heteroatoms. The summed E-state index contributed by atoms with van der Waals surface area (Å²) in [4.78, 5) is 34.1. The van der Waals surface area contributed by atoms with E-state index in [0.29, 0.717) is 19.0 Å². The number of nitrogens with one attached hydrogen (secondary N) is 5. The van der Waals surface area contributed by atoms with Crippen molar-refractivity contribution < 1.29 is 9.21 Å². The van der Waals surface area contributed by atoms with Crippen molar-refractivity contribution in [2.24, 2.45) is 0 Å². The summed E-state index contributed by atoms with van der Waals surface area (Å²) in [6, 6.07) is 8.47. The number of hydrogen-bond acceptors (Lipinski definition) is 10. The van der Waals surface area contributed by atoms with Crippen LogP contribution in [0.3, 0.4) is 0 Å². The summed E-state index contributed by atoms with van der Waals surface area (Å²) in [5, 5.41) is 11.2. The fourth-order valence-corrected chi connectivity index (χ4v) is 4.56. The number of carbonyl (C=O) groups excluding carboxylic acids is 1. The Morgan fingerprint density at radius 1 is 1.15 bits per heavy atom. The molecule has 5 N–H and O–H groups in total.